The minimum absolute atomic E-state index is 0.208. The van der Waals surface area contributed by atoms with Gasteiger partial charge in [0.05, 0.1) is 0 Å². The first kappa shape index (κ1) is 13.9. The zero-order valence-corrected chi connectivity index (χ0v) is 11.2. The lowest BCUT2D eigenvalue weighted by Crippen LogP contribution is -2.29. The summed E-state index contributed by atoms with van der Waals surface area (Å²) in [5.74, 6) is -0.500. The second kappa shape index (κ2) is 6.60. The molecule has 2 amide bonds. The zero-order valence-electron chi connectivity index (χ0n) is 10.3. The SMILES string of the molecule is NCCNC(=O)c1csc(NC(=O)C2CCCO2)n1. The molecule has 2 heterocycles. The average molecular weight is 284 g/mol. The molecule has 104 valence electrons. The number of amides is 2. The highest BCUT2D eigenvalue weighted by molar-refractivity contribution is 7.14. The zero-order chi connectivity index (χ0) is 13.7. The topological polar surface area (TPSA) is 106 Å². The Bertz CT molecular complexity index is 457. The number of hydrogen-bond acceptors (Lipinski definition) is 6. The number of rotatable bonds is 5. The molecule has 1 aromatic rings. The molecule has 1 aliphatic rings. The van der Waals surface area contributed by atoms with E-state index in [9.17, 15) is 9.59 Å². The van der Waals surface area contributed by atoms with Gasteiger partial charge in [-0.15, -0.1) is 11.3 Å². The van der Waals surface area contributed by atoms with Crippen LogP contribution in [-0.2, 0) is 9.53 Å². The highest BCUT2D eigenvalue weighted by Crippen LogP contribution is 2.18. The maximum Gasteiger partial charge on any atom is 0.270 e. The molecule has 7 nitrogen and oxygen atoms in total. The molecule has 4 N–H and O–H groups in total. The molecule has 0 spiro atoms. The van der Waals surface area contributed by atoms with E-state index in [0.717, 1.165) is 12.8 Å². The number of anilines is 1. The molecule has 1 fully saturated rings. The second-order valence-corrected chi connectivity index (χ2v) is 4.93. The predicted octanol–water partition coefficient (Wildman–Crippen LogP) is -0.0509. The molecule has 8 heteroatoms. The quantitative estimate of drug-likeness (QED) is 0.703. The summed E-state index contributed by atoms with van der Waals surface area (Å²) in [6.07, 6.45) is 1.21. The van der Waals surface area contributed by atoms with E-state index in [1.807, 2.05) is 0 Å². The monoisotopic (exact) mass is 284 g/mol. The van der Waals surface area contributed by atoms with Crippen LogP contribution in [0.5, 0.6) is 0 Å². The van der Waals surface area contributed by atoms with Crippen molar-refractivity contribution >= 4 is 28.3 Å². The van der Waals surface area contributed by atoms with Crippen molar-refractivity contribution in [2.24, 2.45) is 5.73 Å². The number of ether oxygens (including phenoxy) is 1. The van der Waals surface area contributed by atoms with Crippen molar-refractivity contribution in [3.8, 4) is 0 Å². The average Bonchev–Trinajstić information content (AvgIpc) is 3.06. The molecular weight excluding hydrogens is 268 g/mol. The summed E-state index contributed by atoms with van der Waals surface area (Å²) < 4.78 is 5.27. The molecule has 2 rings (SSSR count). The van der Waals surface area contributed by atoms with Crippen LogP contribution in [0.25, 0.3) is 0 Å². The third kappa shape index (κ3) is 3.72. The molecule has 1 saturated heterocycles. The third-order valence-electron chi connectivity index (χ3n) is 2.62. The van der Waals surface area contributed by atoms with Crippen LogP contribution in [-0.4, -0.2) is 42.6 Å². The molecule has 0 radical (unpaired) electrons. The fourth-order valence-corrected chi connectivity index (χ4v) is 2.38. The normalized spacial score (nSPS) is 18.3. The van der Waals surface area contributed by atoms with E-state index >= 15 is 0 Å². The first-order chi connectivity index (χ1) is 9.20. The molecule has 0 saturated carbocycles. The third-order valence-corrected chi connectivity index (χ3v) is 3.38. The number of carbonyl (C=O) groups is 2. The van der Waals surface area contributed by atoms with E-state index in [-0.39, 0.29) is 17.5 Å². The summed E-state index contributed by atoms with van der Waals surface area (Å²) in [7, 11) is 0. The maximum atomic E-state index is 11.8. The van der Waals surface area contributed by atoms with Crippen molar-refractivity contribution in [1.29, 1.82) is 0 Å². The van der Waals surface area contributed by atoms with Crippen molar-refractivity contribution in [2.75, 3.05) is 25.0 Å². The summed E-state index contributed by atoms with van der Waals surface area (Å²) in [4.78, 5) is 27.4. The van der Waals surface area contributed by atoms with Gasteiger partial charge in [-0.2, -0.15) is 0 Å². The molecule has 0 aromatic carbocycles. The number of aromatic nitrogens is 1. The van der Waals surface area contributed by atoms with Gasteiger partial charge in [0.25, 0.3) is 11.8 Å². The number of nitrogens with two attached hydrogens (primary N) is 1. The van der Waals surface area contributed by atoms with Gasteiger partial charge in [-0.1, -0.05) is 0 Å². The smallest absolute Gasteiger partial charge is 0.270 e. The van der Waals surface area contributed by atoms with Crippen molar-refractivity contribution in [3.05, 3.63) is 11.1 Å². The Hall–Kier alpha value is -1.51. The maximum absolute atomic E-state index is 11.8. The van der Waals surface area contributed by atoms with Crippen molar-refractivity contribution in [3.63, 3.8) is 0 Å². The van der Waals surface area contributed by atoms with E-state index in [1.54, 1.807) is 5.38 Å². The van der Waals surface area contributed by atoms with Gasteiger partial charge in [-0.25, -0.2) is 4.98 Å². The summed E-state index contributed by atoms with van der Waals surface area (Å²) in [5, 5.41) is 7.26. The molecule has 0 bridgehead atoms. The van der Waals surface area contributed by atoms with Crippen LogP contribution in [0.15, 0.2) is 5.38 Å². The van der Waals surface area contributed by atoms with Crippen LogP contribution in [0.1, 0.15) is 23.3 Å². The Morgan fingerprint density at radius 3 is 3.11 bits per heavy atom. The minimum Gasteiger partial charge on any atom is -0.368 e. The van der Waals surface area contributed by atoms with E-state index in [0.29, 0.717) is 24.8 Å². The lowest BCUT2D eigenvalue weighted by molar-refractivity contribution is -0.124. The van der Waals surface area contributed by atoms with E-state index in [1.165, 1.54) is 11.3 Å². The predicted molar refractivity (Wildman–Crippen MR) is 71.1 cm³/mol. The van der Waals surface area contributed by atoms with Gasteiger partial charge >= 0.3 is 0 Å². The molecule has 19 heavy (non-hydrogen) atoms. The Morgan fingerprint density at radius 2 is 2.42 bits per heavy atom. The van der Waals surface area contributed by atoms with Crippen molar-refractivity contribution in [1.82, 2.24) is 10.3 Å². The molecule has 0 aliphatic carbocycles. The van der Waals surface area contributed by atoms with Crippen LogP contribution < -0.4 is 16.4 Å². The van der Waals surface area contributed by atoms with Crippen LogP contribution in [0.2, 0.25) is 0 Å². The lowest BCUT2D eigenvalue weighted by atomic mass is 10.2. The second-order valence-electron chi connectivity index (χ2n) is 4.07. The number of nitrogens with one attached hydrogen (secondary N) is 2. The van der Waals surface area contributed by atoms with E-state index in [2.05, 4.69) is 15.6 Å². The van der Waals surface area contributed by atoms with Gasteiger partial charge in [0.15, 0.2) is 5.13 Å². The van der Waals surface area contributed by atoms with Gasteiger partial charge in [0.1, 0.15) is 11.8 Å². The first-order valence-electron chi connectivity index (χ1n) is 6.07. The summed E-state index contributed by atoms with van der Waals surface area (Å²) >= 11 is 1.21. The number of nitrogens with zero attached hydrogens (tertiary/aromatic N) is 1. The lowest BCUT2D eigenvalue weighted by Gasteiger charge is -2.07. The standard InChI is InChI=1S/C11H16N4O3S/c12-3-4-13-9(16)7-6-19-11(14-7)15-10(17)8-2-1-5-18-8/h6,8H,1-5,12H2,(H,13,16)(H,14,15,17). The van der Waals surface area contributed by atoms with Crippen molar-refractivity contribution < 1.29 is 14.3 Å². The van der Waals surface area contributed by atoms with Crippen LogP contribution in [0.4, 0.5) is 5.13 Å². The summed E-state index contributed by atoms with van der Waals surface area (Å²) in [6.45, 7) is 1.38. The highest BCUT2D eigenvalue weighted by atomic mass is 32.1. The van der Waals surface area contributed by atoms with E-state index < -0.39 is 6.10 Å². The Kier molecular flexibility index (Phi) is 4.83. The Labute approximate surface area is 114 Å². The van der Waals surface area contributed by atoms with Crippen LogP contribution in [0, 0.1) is 0 Å². The number of hydrogen-bond donors (Lipinski definition) is 3. The molecule has 1 aromatic heterocycles. The fourth-order valence-electron chi connectivity index (χ4n) is 1.68. The fraction of sp³-hybridized carbons (Fsp3) is 0.545. The number of thiazole rings is 1. The van der Waals surface area contributed by atoms with Crippen LogP contribution in [0.3, 0.4) is 0 Å². The van der Waals surface area contributed by atoms with Gasteiger partial charge in [-0.05, 0) is 12.8 Å². The van der Waals surface area contributed by atoms with Gasteiger partial charge in [0.2, 0.25) is 0 Å². The van der Waals surface area contributed by atoms with Gasteiger partial charge < -0.3 is 15.8 Å². The highest BCUT2D eigenvalue weighted by Gasteiger charge is 2.24. The summed E-state index contributed by atoms with van der Waals surface area (Å²) in [6, 6.07) is 0. The van der Waals surface area contributed by atoms with Gasteiger partial charge in [-0.3, -0.25) is 14.9 Å². The van der Waals surface area contributed by atoms with Crippen molar-refractivity contribution in [2.45, 2.75) is 18.9 Å². The van der Waals surface area contributed by atoms with E-state index in [4.69, 9.17) is 10.5 Å². The van der Waals surface area contributed by atoms with Crippen LogP contribution >= 0.6 is 11.3 Å². The Morgan fingerprint density at radius 1 is 1.58 bits per heavy atom. The molecule has 1 unspecified atom stereocenters. The molecule has 1 aliphatic heterocycles. The molecular formula is C11H16N4O3S. The van der Waals surface area contributed by atoms with Gasteiger partial charge in [0, 0.05) is 25.1 Å². The Balaban J connectivity index is 1.89. The number of carbonyl (C=O) groups excluding carboxylic acids is 2. The largest absolute Gasteiger partial charge is 0.368 e. The molecule has 1 atom stereocenters. The minimum atomic E-state index is -0.404. The summed E-state index contributed by atoms with van der Waals surface area (Å²) in [5.41, 5.74) is 5.57. The first-order valence-corrected chi connectivity index (χ1v) is 6.95.